The van der Waals surface area contributed by atoms with Crippen molar-refractivity contribution in [2.24, 2.45) is 5.73 Å². The normalized spacial score (nSPS) is 12.0. The van der Waals surface area contributed by atoms with Crippen molar-refractivity contribution in [3.8, 4) is 17.3 Å². The van der Waals surface area contributed by atoms with Crippen LogP contribution < -0.4 is 10.5 Å². The summed E-state index contributed by atoms with van der Waals surface area (Å²) in [5.41, 5.74) is 5.56. The van der Waals surface area contributed by atoms with E-state index in [1.807, 2.05) is 6.07 Å². The van der Waals surface area contributed by atoms with Gasteiger partial charge in [-0.15, -0.1) is 0 Å². The average Bonchev–Trinajstić information content (AvgIpc) is 3.45. The summed E-state index contributed by atoms with van der Waals surface area (Å²) in [6.07, 6.45) is 4.48. The minimum atomic E-state index is -3.98. The van der Waals surface area contributed by atoms with Crippen LogP contribution in [-0.2, 0) is 41.9 Å². The van der Waals surface area contributed by atoms with Gasteiger partial charge in [-0.3, -0.25) is 4.68 Å². The number of hydrogen-bond acceptors (Lipinski definition) is 12. The second kappa shape index (κ2) is 17.9. The fourth-order valence-electron chi connectivity index (χ4n) is 3.96. The summed E-state index contributed by atoms with van der Waals surface area (Å²) in [4.78, 5) is 8.39. The summed E-state index contributed by atoms with van der Waals surface area (Å²) in [7, 11) is -3.98. The van der Waals surface area contributed by atoms with Crippen molar-refractivity contribution in [2.45, 2.75) is 37.3 Å². The number of nitrogens with two attached hydrogens (primary N) is 1. The van der Waals surface area contributed by atoms with E-state index in [1.54, 1.807) is 20.0 Å². The molecule has 2 aromatic heterocycles. The molecule has 3 aromatic rings. The van der Waals surface area contributed by atoms with Gasteiger partial charge in [0.1, 0.15) is 17.7 Å². The molecule has 45 heavy (non-hydrogen) atoms. The third-order valence-corrected chi connectivity index (χ3v) is 7.47. The lowest BCUT2D eigenvalue weighted by Crippen LogP contribution is -2.28. The Morgan fingerprint density at radius 2 is 1.69 bits per heavy atom. The van der Waals surface area contributed by atoms with E-state index in [0.717, 1.165) is 6.07 Å². The molecule has 0 saturated heterocycles. The van der Waals surface area contributed by atoms with Gasteiger partial charge in [-0.1, -0.05) is 6.07 Å². The smallest absolute Gasteiger partial charge is 0.240 e. The van der Waals surface area contributed by atoms with E-state index >= 15 is 4.39 Å². The molecular formula is C29H40FN7O7S. The molecule has 0 amide bonds. The van der Waals surface area contributed by atoms with Gasteiger partial charge in [0, 0.05) is 37.5 Å². The lowest BCUT2D eigenvalue weighted by molar-refractivity contribution is -0.000345. The topological polar surface area (TPSA) is 197 Å². The molecule has 0 aliphatic rings. The van der Waals surface area contributed by atoms with E-state index in [1.165, 1.54) is 29.2 Å². The van der Waals surface area contributed by atoms with Crippen LogP contribution in [0.15, 0.2) is 41.7 Å². The predicted octanol–water partition coefficient (Wildman–Crippen LogP) is 1.02. The molecular weight excluding hydrogens is 609 g/mol. The number of nitrogens with zero attached hydrogens (tertiary/aromatic N) is 5. The lowest BCUT2D eigenvalue weighted by atomic mass is 10.1. The van der Waals surface area contributed by atoms with Crippen molar-refractivity contribution < 1.29 is 36.9 Å². The quantitative estimate of drug-likeness (QED) is 0.139. The van der Waals surface area contributed by atoms with Gasteiger partial charge < -0.3 is 29.8 Å². The molecule has 0 fully saturated rings. The van der Waals surface area contributed by atoms with Gasteiger partial charge >= 0.3 is 0 Å². The van der Waals surface area contributed by atoms with Gasteiger partial charge in [0.05, 0.1) is 87.4 Å². The van der Waals surface area contributed by atoms with E-state index < -0.39 is 21.4 Å². The molecule has 16 heteroatoms. The Labute approximate surface area is 262 Å². The van der Waals surface area contributed by atoms with Crippen molar-refractivity contribution in [1.29, 1.82) is 5.26 Å². The molecule has 0 bridgehead atoms. The van der Waals surface area contributed by atoms with Crippen molar-refractivity contribution >= 4 is 10.0 Å². The summed E-state index contributed by atoms with van der Waals surface area (Å²) < 4.78 is 65.5. The maximum absolute atomic E-state index is 15.0. The highest BCUT2D eigenvalue weighted by atomic mass is 32.2. The number of halogens is 1. The summed E-state index contributed by atoms with van der Waals surface area (Å²) in [6.45, 7) is 6.92. The van der Waals surface area contributed by atoms with Crippen LogP contribution in [0.2, 0.25) is 0 Å². The average molecular weight is 650 g/mol. The van der Waals surface area contributed by atoms with Crippen LogP contribution in [0.25, 0.3) is 11.3 Å². The minimum absolute atomic E-state index is 0.00808. The van der Waals surface area contributed by atoms with Crippen molar-refractivity contribution in [2.75, 3.05) is 65.9 Å². The highest BCUT2D eigenvalue weighted by Crippen LogP contribution is 2.23. The van der Waals surface area contributed by atoms with Gasteiger partial charge in [-0.25, -0.2) is 27.5 Å². The molecule has 246 valence electrons. The van der Waals surface area contributed by atoms with Crippen LogP contribution in [-0.4, -0.2) is 105 Å². The molecule has 4 N–H and O–H groups in total. The second-order valence-corrected chi connectivity index (χ2v) is 12.2. The molecule has 1 aromatic carbocycles. The first-order valence-electron chi connectivity index (χ1n) is 14.3. The Kier molecular flexibility index (Phi) is 14.4. The minimum Gasteiger partial charge on any atom is -0.389 e. The predicted molar refractivity (Wildman–Crippen MR) is 161 cm³/mol. The molecule has 14 nitrogen and oxygen atoms in total. The van der Waals surface area contributed by atoms with Crippen LogP contribution in [0.3, 0.4) is 0 Å². The van der Waals surface area contributed by atoms with Crippen LogP contribution in [0, 0.1) is 17.1 Å². The largest absolute Gasteiger partial charge is 0.389 e. The number of hydrogen-bond donors (Lipinski definition) is 3. The summed E-state index contributed by atoms with van der Waals surface area (Å²) in [6, 6.07) is 5.63. The summed E-state index contributed by atoms with van der Waals surface area (Å²) in [5.74, 6) is -0.515. The molecule has 0 aliphatic carbocycles. The van der Waals surface area contributed by atoms with Crippen LogP contribution >= 0.6 is 0 Å². The first kappa shape index (κ1) is 36.1. The number of benzene rings is 1. The highest BCUT2D eigenvalue weighted by molar-refractivity contribution is 7.89. The van der Waals surface area contributed by atoms with E-state index in [-0.39, 0.29) is 54.6 Å². The van der Waals surface area contributed by atoms with E-state index in [0.29, 0.717) is 57.4 Å². The first-order chi connectivity index (χ1) is 21.5. The van der Waals surface area contributed by atoms with Gasteiger partial charge in [0.25, 0.3) is 0 Å². The van der Waals surface area contributed by atoms with E-state index in [2.05, 4.69) is 19.8 Å². The molecule has 0 saturated carbocycles. The lowest BCUT2D eigenvalue weighted by Gasteiger charge is -2.16. The van der Waals surface area contributed by atoms with E-state index in [4.69, 9.17) is 24.7 Å². The fourth-order valence-corrected chi connectivity index (χ4v) is 4.98. The first-order valence-corrected chi connectivity index (χ1v) is 15.8. The van der Waals surface area contributed by atoms with Crippen molar-refractivity contribution in [3.63, 3.8) is 0 Å². The fraction of sp³-hybridized carbons (Fsp3) is 0.517. The molecule has 0 radical (unpaired) electrons. The maximum atomic E-state index is 15.0. The van der Waals surface area contributed by atoms with Gasteiger partial charge in [0.15, 0.2) is 0 Å². The maximum Gasteiger partial charge on any atom is 0.240 e. The zero-order valence-corrected chi connectivity index (χ0v) is 26.3. The molecule has 0 aliphatic heterocycles. The third-order valence-electron chi connectivity index (χ3n) is 6.01. The third kappa shape index (κ3) is 12.5. The van der Waals surface area contributed by atoms with Crippen LogP contribution in [0.1, 0.15) is 30.8 Å². The number of aromatic nitrogens is 4. The number of sulfonamides is 1. The highest BCUT2D eigenvalue weighted by Gasteiger charge is 2.19. The monoisotopic (exact) mass is 649 g/mol. The Morgan fingerprint density at radius 1 is 1.04 bits per heavy atom. The van der Waals surface area contributed by atoms with E-state index in [9.17, 15) is 18.8 Å². The van der Waals surface area contributed by atoms with Crippen LogP contribution in [0.4, 0.5) is 4.39 Å². The molecule has 2 heterocycles. The molecule has 3 rings (SSSR count). The summed E-state index contributed by atoms with van der Waals surface area (Å²) >= 11 is 0. The van der Waals surface area contributed by atoms with Crippen LogP contribution in [0.5, 0.6) is 0 Å². The standard InChI is InChI=1S/C29H40FN7O7S/c1-29(2,38)21-37-20-24(19-34-37)28-23(17-32)18-33-27(36-28)15-22-3-4-25(16-26(22)30)45(39,40)35-6-8-42-10-12-44-14-13-43-11-9-41-7-5-31/h3-4,16,18-20,35,38H,5-15,21,31H2,1-2H3. The number of nitrogens with one attached hydrogen (secondary N) is 1. The zero-order valence-electron chi connectivity index (χ0n) is 25.4. The molecule has 0 spiro atoms. The molecule has 0 atom stereocenters. The Morgan fingerprint density at radius 3 is 2.29 bits per heavy atom. The Balaban J connectivity index is 1.47. The second-order valence-electron chi connectivity index (χ2n) is 10.5. The molecule has 0 unspecified atom stereocenters. The number of ether oxygens (including phenoxy) is 4. The van der Waals surface area contributed by atoms with Crippen molar-refractivity contribution in [1.82, 2.24) is 24.5 Å². The zero-order chi connectivity index (χ0) is 32.7. The van der Waals surface area contributed by atoms with Gasteiger partial charge in [0.2, 0.25) is 10.0 Å². The number of nitriles is 1. The number of aliphatic hydroxyl groups is 1. The Bertz CT molecular complexity index is 1510. The Hall–Kier alpha value is -3.40. The van der Waals surface area contributed by atoms with Crippen molar-refractivity contribution in [3.05, 3.63) is 59.6 Å². The number of rotatable bonds is 21. The summed E-state index contributed by atoms with van der Waals surface area (Å²) in [5, 5.41) is 23.8. The van der Waals surface area contributed by atoms with Gasteiger partial charge in [-0.05, 0) is 31.5 Å². The SMILES string of the molecule is CC(C)(O)Cn1cc(-c2nc(Cc3ccc(S(=O)(=O)NCCOCCOCCOCCOCCN)cc3F)ncc2C#N)cn1. The van der Waals surface area contributed by atoms with Gasteiger partial charge in [-0.2, -0.15) is 10.4 Å².